The molecule has 0 unspecified atom stereocenters. The zero-order valence-corrected chi connectivity index (χ0v) is 15.1. The number of rotatable bonds is 7. The van der Waals surface area contributed by atoms with Gasteiger partial charge < -0.3 is 5.32 Å². The lowest BCUT2D eigenvalue weighted by molar-refractivity contribution is -0.123. The van der Waals surface area contributed by atoms with Crippen LogP contribution in [-0.4, -0.2) is 37.5 Å². The number of nitrogens with zero attached hydrogens (tertiary/aromatic N) is 1. The maximum atomic E-state index is 12.3. The predicted molar refractivity (Wildman–Crippen MR) is 91.6 cm³/mol. The van der Waals surface area contributed by atoms with E-state index in [-0.39, 0.29) is 23.0 Å². The second-order valence-corrected chi connectivity index (χ2v) is 9.79. The van der Waals surface area contributed by atoms with Crippen LogP contribution in [0.1, 0.15) is 37.5 Å². The molecule has 0 bridgehead atoms. The topological polar surface area (TPSA) is 66.5 Å². The predicted octanol–water partition coefficient (Wildman–Crippen LogP) is 2.21. The van der Waals surface area contributed by atoms with Gasteiger partial charge >= 0.3 is 0 Å². The second kappa shape index (κ2) is 6.53. The van der Waals surface area contributed by atoms with Crippen molar-refractivity contribution in [3.05, 3.63) is 22.4 Å². The molecule has 1 amide bonds. The van der Waals surface area contributed by atoms with Crippen molar-refractivity contribution in [2.24, 2.45) is 11.3 Å². The van der Waals surface area contributed by atoms with Crippen LogP contribution in [0.2, 0.25) is 0 Å². The molecule has 1 saturated heterocycles. The van der Waals surface area contributed by atoms with Gasteiger partial charge in [0.05, 0.1) is 12.3 Å². The Morgan fingerprint density at radius 3 is 3.04 bits per heavy atom. The SMILES string of the molecule is CCCCS(=O)(=O)N1CC[C@@]2(C[C@H]2C(=O)NCc2cccs2)C1. The number of sulfonamides is 1. The molecule has 2 aliphatic rings. The van der Waals surface area contributed by atoms with Gasteiger partial charge in [0.2, 0.25) is 15.9 Å². The Morgan fingerprint density at radius 1 is 1.52 bits per heavy atom. The van der Waals surface area contributed by atoms with Crippen LogP contribution in [0.25, 0.3) is 0 Å². The molecule has 23 heavy (non-hydrogen) atoms. The van der Waals surface area contributed by atoms with E-state index in [1.807, 2.05) is 24.4 Å². The minimum atomic E-state index is -3.15. The van der Waals surface area contributed by atoms with Crippen molar-refractivity contribution in [2.75, 3.05) is 18.8 Å². The molecule has 1 aliphatic carbocycles. The van der Waals surface area contributed by atoms with Crippen molar-refractivity contribution in [1.29, 1.82) is 0 Å². The molecular weight excluding hydrogens is 332 g/mol. The van der Waals surface area contributed by atoms with Gasteiger partial charge in [0, 0.05) is 23.9 Å². The van der Waals surface area contributed by atoms with E-state index < -0.39 is 10.0 Å². The summed E-state index contributed by atoms with van der Waals surface area (Å²) in [5, 5.41) is 4.99. The van der Waals surface area contributed by atoms with Gasteiger partial charge in [0.15, 0.2) is 0 Å². The minimum absolute atomic E-state index is 0.0196. The lowest BCUT2D eigenvalue weighted by atomic mass is 10.0. The Labute approximate surface area is 142 Å². The van der Waals surface area contributed by atoms with Crippen LogP contribution in [0.3, 0.4) is 0 Å². The molecule has 1 aliphatic heterocycles. The van der Waals surface area contributed by atoms with Crippen LogP contribution in [0.5, 0.6) is 0 Å². The summed E-state index contributed by atoms with van der Waals surface area (Å²) in [6.07, 6.45) is 3.22. The Balaban J connectivity index is 1.52. The van der Waals surface area contributed by atoms with Gasteiger partial charge in [-0.2, -0.15) is 0 Å². The Hall–Kier alpha value is -0.920. The van der Waals surface area contributed by atoms with E-state index in [1.165, 1.54) is 0 Å². The van der Waals surface area contributed by atoms with E-state index in [9.17, 15) is 13.2 Å². The van der Waals surface area contributed by atoms with Crippen molar-refractivity contribution < 1.29 is 13.2 Å². The Bertz CT molecular complexity index is 657. The summed E-state index contributed by atoms with van der Waals surface area (Å²) in [6, 6.07) is 3.98. The molecule has 2 atom stereocenters. The minimum Gasteiger partial charge on any atom is -0.351 e. The number of thiophene rings is 1. The third-order valence-electron chi connectivity index (χ3n) is 5.02. The van der Waals surface area contributed by atoms with E-state index in [0.717, 1.165) is 24.1 Å². The zero-order chi connectivity index (χ0) is 16.5. The van der Waals surface area contributed by atoms with Gasteiger partial charge in [0.1, 0.15) is 0 Å². The van der Waals surface area contributed by atoms with Crippen LogP contribution in [-0.2, 0) is 21.4 Å². The molecule has 7 heteroatoms. The van der Waals surface area contributed by atoms with Crippen LogP contribution in [0.15, 0.2) is 17.5 Å². The average Bonchev–Trinajstić information content (AvgIpc) is 2.90. The van der Waals surface area contributed by atoms with Gasteiger partial charge in [0.25, 0.3) is 0 Å². The standard InChI is InChI=1S/C16H24N2O3S2/c1-2-3-9-23(20,21)18-7-6-16(12-18)10-14(16)15(19)17-11-13-5-4-8-22-13/h4-5,8,14H,2-3,6-7,9-12H2,1H3,(H,17,19)/t14-,16+/m0/s1. The van der Waals surface area contributed by atoms with Crippen LogP contribution >= 0.6 is 11.3 Å². The number of nitrogens with one attached hydrogen (secondary N) is 1. The van der Waals surface area contributed by atoms with Crippen molar-refractivity contribution in [3.63, 3.8) is 0 Å². The zero-order valence-electron chi connectivity index (χ0n) is 13.5. The highest BCUT2D eigenvalue weighted by Crippen LogP contribution is 2.58. The molecule has 1 aromatic rings. The molecule has 0 radical (unpaired) electrons. The molecule has 1 saturated carbocycles. The summed E-state index contributed by atoms with van der Waals surface area (Å²) in [7, 11) is -3.15. The molecule has 5 nitrogen and oxygen atoms in total. The summed E-state index contributed by atoms with van der Waals surface area (Å²) >= 11 is 1.63. The quantitative estimate of drug-likeness (QED) is 0.814. The van der Waals surface area contributed by atoms with Crippen molar-refractivity contribution in [3.8, 4) is 0 Å². The Morgan fingerprint density at radius 2 is 2.35 bits per heavy atom. The van der Waals surface area contributed by atoms with E-state index in [0.29, 0.717) is 26.1 Å². The van der Waals surface area contributed by atoms with E-state index in [4.69, 9.17) is 0 Å². The third kappa shape index (κ3) is 3.61. The van der Waals surface area contributed by atoms with Gasteiger partial charge in [-0.3, -0.25) is 4.79 Å². The van der Waals surface area contributed by atoms with Crippen molar-refractivity contribution >= 4 is 27.3 Å². The molecule has 3 rings (SSSR count). The smallest absolute Gasteiger partial charge is 0.224 e. The molecule has 1 aromatic heterocycles. The number of hydrogen-bond donors (Lipinski definition) is 1. The van der Waals surface area contributed by atoms with Crippen molar-refractivity contribution in [1.82, 2.24) is 9.62 Å². The van der Waals surface area contributed by atoms with Crippen molar-refractivity contribution in [2.45, 2.75) is 39.2 Å². The Kier molecular flexibility index (Phi) is 4.80. The summed E-state index contributed by atoms with van der Waals surface area (Å²) in [5.41, 5.74) is -0.0984. The first kappa shape index (κ1) is 16.9. The molecule has 2 heterocycles. The van der Waals surface area contributed by atoms with E-state index in [2.05, 4.69) is 5.32 Å². The highest BCUT2D eigenvalue weighted by molar-refractivity contribution is 7.89. The highest BCUT2D eigenvalue weighted by atomic mass is 32.2. The number of hydrogen-bond acceptors (Lipinski definition) is 4. The third-order valence-corrected chi connectivity index (χ3v) is 7.80. The summed E-state index contributed by atoms with van der Waals surface area (Å²) < 4.78 is 26.2. The van der Waals surface area contributed by atoms with Gasteiger partial charge in [-0.15, -0.1) is 11.3 Å². The van der Waals surface area contributed by atoms with Crippen LogP contribution < -0.4 is 5.32 Å². The first-order valence-electron chi connectivity index (χ1n) is 8.25. The normalized spacial score (nSPS) is 27.4. The average molecular weight is 357 g/mol. The first-order valence-corrected chi connectivity index (χ1v) is 10.7. The summed E-state index contributed by atoms with van der Waals surface area (Å²) in [4.78, 5) is 13.5. The maximum Gasteiger partial charge on any atom is 0.224 e. The highest BCUT2D eigenvalue weighted by Gasteiger charge is 2.61. The molecule has 1 spiro atoms. The first-order chi connectivity index (χ1) is 11.0. The van der Waals surface area contributed by atoms with Gasteiger partial charge in [-0.25, -0.2) is 12.7 Å². The second-order valence-electron chi connectivity index (χ2n) is 6.67. The van der Waals surface area contributed by atoms with Gasteiger partial charge in [-0.1, -0.05) is 19.4 Å². The monoisotopic (exact) mass is 356 g/mol. The van der Waals surface area contributed by atoms with Crippen LogP contribution in [0, 0.1) is 11.3 Å². The fraction of sp³-hybridized carbons (Fsp3) is 0.688. The summed E-state index contributed by atoms with van der Waals surface area (Å²) in [6.45, 7) is 3.66. The van der Waals surface area contributed by atoms with E-state index in [1.54, 1.807) is 15.6 Å². The molecular formula is C16H24N2O3S2. The molecule has 128 valence electrons. The molecule has 1 N–H and O–H groups in total. The number of carbonyl (C=O) groups excluding carboxylic acids is 1. The summed E-state index contributed by atoms with van der Waals surface area (Å²) in [5.74, 6) is 0.287. The maximum absolute atomic E-state index is 12.3. The fourth-order valence-corrected chi connectivity index (χ4v) is 5.81. The fourth-order valence-electron chi connectivity index (χ4n) is 3.43. The lowest BCUT2D eigenvalue weighted by Crippen LogP contribution is -2.32. The largest absolute Gasteiger partial charge is 0.351 e. The number of unbranched alkanes of at least 4 members (excludes halogenated alkanes) is 1. The van der Waals surface area contributed by atoms with E-state index >= 15 is 0 Å². The number of carbonyl (C=O) groups is 1. The molecule has 0 aromatic carbocycles. The van der Waals surface area contributed by atoms with Crippen LogP contribution in [0.4, 0.5) is 0 Å². The number of amides is 1. The lowest BCUT2D eigenvalue weighted by Gasteiger charge is -2.16. The molecule has 2 fully saturated rings. The van der Waals surface area contributed by atoms with Gasteiger partial charge in [-0.05, 0) is 36.1 Å².